The van der Waals surface area contributed by atoms with Gasteiger partial charge in [-0.2, -0.15) is 0 Å². The standard InChI is InChI=1S/C43H41NO4/c1-4-42(45)47-29-27-33-15-21-38(22-16-33)44(39-23-17-34(18-24-39)28-30-48-43(46)32(2)3)40-25-19-35(20-26-40)31-41(36-11-7-5-8-12-36)37-13-9-6-10-14-37/h5-26,31H,2,4,27-30H2,1,3H3. The zero-order valence-corrected chi connectivity index (χ0v) is 27.6. The molecule has 242 valence electrons. The van der Waals surface area contributed by atoms with E-state index in [2.05, 4.69) is 139 Å². The maximum absolute atomic E-state index is 11.8. The van der Waals surface area contributed by atoms with Gasteiger partial charge in [0.15, 0.2) is 0 Å². The molecule has 0 bridgehead atoms. The molecule has 0 aliphatic rings. The minimum absolute atomic E-state index is 0.187. The zero-order chi connectivity index (χ0) is 33.7. The van der Waals surface area contributed by atoms with Gasteiger partial charge < -0.3 is 14.4 Å². The van der Waals surface area contributed by atoms with Crippen LogP contribution in [0.15, 0.2) is 146 Å². The molecule has 5 heteroatoms. The second-order valence-electron chi connectivity index (χ2n) is 11.5. The van der Waals surface area contributed by atoms with Gasteiger partial charge in [0.25, 0.3) is 0 Å². The molecule has 0 radical (unpaired) electrons. The van der Waals surface area contributed by atoms with Gasteiger partial charge in [-0.25, -0.2) is 4.79 Å². The summed E-state index contributed by atoms with van der Waals surface area (Å²) in [6.07, 6.45) is 3.88. The Balaban J connectivity index is 1.43. The van der Waals surface area contributed by atoms with E-state index in [0.29, 0.717) is 38.0 Å². The van der Waals surface area contributed by atoms with Crippen molar-refractivity contribution in [3.05, 3.63) is 173 Å². The summed E-state index contributed by atoms with van der Waals surface area (Å²) < 4.78 is 10.6. The first-order chi connectivity index (χ1) is 23.4. The van der Waals surface area contributed by atoms with E-state index in [1.165, 1.54) is 0 Å². The average Bonchev–Trinajstić information content (AvgIpc) is 3.13. The predicted octanol–water partition coefficient (Wildman–Crippen LogP) is 9.90. The van der Waals surface area contributed by atoms with Crippen molar-refractivity contribution in [1.29, 1.82) is 0 Å². The van der Waals surface area contributed by atoms with Crippen LogP contribution in [0, 0.1) is 0 Å². The lowest BCUT2D eigenvalue weighted by molar-refractivity contribution is -0.143. The van der Waals surface area contributed by atoms with E-state index in [-0.39, 0.29) is 11.9 Å². The van der Waals surface area contributed by atoms with Crippen molar-refractivity contribution in [3.8, 4) is 0 Å². The highest BCUT2D eigenvalue weighted by atomic mass is 16.5. The predicted molar refractivity (Wildman–Crippen MR) is 195 cm³/mol. The smallest absolute Gasteiger partial charge is 0.333 e. The van der Waals surface area contributed by atoms with Crippen molar-refractivity contribution in [1.82, 2.24) is 0 Å². The fraction of sp³-hybridized carbons (Fsp3) is 0.163. The lowest BCUT2D eigenvalue weighted by atomic mass is 9.95. The molecule has 5 aromatic carbocycles. The number of carbonyl (C=O) groups excluding carboxylic acids is 2. The van der Waals surface area contributed by atoms with Crippen molar-refractivity contribution in [2.24, 2.45) is 0 Å². The van der Waals surface area contributed by atoms with Crippen LogP contribution in [0.1, 0.15) is 48.1 Å². The molecule has 0 unspecified atom stereocenters. The van der Waals surface area contributed by atoms with Gasteiger partial charge in [-0.15, -0.1) is 0 Å². The van der Waals surface area contributed by atoms with E-state index in [9.17, 15) is 9.59 Å². The summed E-state index contributed by atoms with van der Waals surface area (Å²) in [7, 11) is 0. The fourth-order valence-corrected chi connectivity index (χ4v) is 5.30. The molecule has 0 saturated heterocycles. The summed E-state index contributed by atoms with van der Waals surface area (Å²) in [5.41, 5.74) is 10.2. The number of esters is 2. The highest BCUT2D eigenvalue weighted by molar-refractivity contribution is 5.91. The zero-order valence-electron chi connectivity index (χ0n) is 27.6. The summed E-state index contributed by atoms with van der Waals surface area (Å²) in [6, 6.07) is 46.1. The fourth-order valence-electron chi connectivity index (χ4n) is 5.30. The Labute approximate surface area is 283 Å². The monoisotopic (exact) mass is 635 g/mol. The van der Waals surface area contributed by atoms with Crippen molar-refractivity contribution in [3.63, 3.8) is 0 Å². The molecule has 0 aliphatic carbocycles. The molecule has 0 spiro atoms. The number of ether oxygens (including phenoxy) is 2. The van der Waals surface area contributed by atoms with Crippen LogP contribution < -0.4 is 4.90 Å². The van der Waals surface area contributed by atoms with Crippen LogP contribution in [0.5, 0.6) is 0 Å². The molecule has 48 heavy (non-hydrogen) atoms. The SMILES string of the molecule is C=C(C)C(=O)OCCc1ccc(N(c2ccc(C=C(c3ccccc3)c3ccccc3)cc2)c2ccc(CCOC(=O)CC)cc2)cc1. The van der Waals surface area contributed by atoms with E-state index < -0.39 is 0 Å². The number of nitrogens with zero attached hydrogens (tertiary/aromatic N) is 1. The summed E-state index contributed by atoms with van der Waals surface area (Å²) in [4.78, 5) is 25.6. The van der Waals surface area contributed by atoms with E-state index >= 15 is 0 Å². The lowest BCUT2D eigenvalue weighted by Crippen LogP contribution is -2.11. The van der Waals surface area contributed by atoms with Crippen molar-refractivity contribution >= 4 is 40.6 Å². The Kier molecular flexibility index (Phi) is 11.8. The largest absolute Gasteiger partial charge is 0.465 e. The first-order valence-electron chi connectivity index (χ1n) is 16.3. The van der Waals surface area contributed by atoms with Crippen LogP contribution in [0.3, 0.4) is 0 Å². The summed E-state index contributed by atoms with van der Waals surface area (Å²) in [5.74, 6) is -0.559. The molecule has 0 fully saturated rings. The molecule has 0 N–H and O–H groups in total. The molecule has 0 saturated carbocycles. The molecule has 0 amide bonds. The van der Waals surface area contributed by atoms with Gasteiger partial charge >= 0.3 is 11.9 Å². The van der Waals surface area contributed by atoms with E-state index in [0.717, 1.165) is 50.5 Å². The molecular weight excluding hydrogens is 594 g/mol. The molecular formula is C43H41NO4. The van der Waals surface area contributed by atoms with Gasteiger partial charge in [-0.1, -0.05) is 111 Å². The molecule has 0 heterocycles. The molecule has 5 rings (SSSR count). The van der Waals surface area contributed by atoms with Gasteiger partial charge in [0, 0.05) is 41.9 Å². The number of anilines is 3. The molecule has 5 aromatic rings. The normalized spacial score (nSPS) is 10.5. The third-order valence-electron chi connectivity index (χ3n) is 7.94. The summed E-state index contributed by atoms with van der Waals surface area (Å²) >= 11 is 0. The van der Waals surface area contributed by atoms with E-state index in [4.69, 9.17) is 9.47 Å². The third kappa shape index (κ3) is 9.20. The Morgan fingerprint density at radius 1 is 0.625 bits per heavy atom. The maximum atomic E-state index is 11.8. The Hall–Kier alpha value is -5.68. The molecule has 0 atom stereocenters. The summed E-state index contributed by atoms with van der Waals surface area (Å²) in [5, 5.41) is 0. The number of carbonyl (C=O) groups is 2. The van der Waals surface area contributed by atoms with Crippen LogP contribution in [0.4, 0.5) is 17.1 Å². The maximum Gasteiger partial charge on any atom is 0.333 e. The quantitative estimate of drug-likeness (QED) is 0.0691. The van der Waals surface area contributed by atoms with Gasteiger partial charge in [-0.05, 0) is 82.8 Å². The van der Waals surface area contributed by atoms with E-state index in [1.807, 2.05) is 12.1 Å². The second kappa shape index (κ2) is 16.8. The van der Waals surface area contributed by atoms with E-state index in [1.54, 1.807) is 13.8 Å². The van der Waals surface area contributed by atoms with Gasteiger partial charge in [0.05, 0.1) is 13.2 Å². The Morgan fingerprint density at radius 2 is 1.06 bits per heavy atom. The second-order valence-corrected chi connectivity index (χ2v) is 11.5. The van der Waals surface area contributed by atoms with Gasteiger partial charge in [-0.3, -0.25) is 4.79 Å². The van der Waals surface area contributed by atoms with Gasteiger partial charge in [0.2, 0.25) is 0 Å². The van der Waals surface area contributed by atoms with Crippen molar-refractivity contribution in [2.75, 3.05) is 18.1 Å². The Morgan fingerprint density at radius 3 is 1.50 bits per heavy atom. The number of hydrogen-bond donors (Lipinski definition) is 0. The van der Waals surface area contributed by atoms with Crippen molar-refractivity contribution < 1.29 is 19.1 Å². The van der Waals surface area contributed by atoms with Gasteiger partial charge in [0.1, 0.15) is 0 Å². The molecule has 0 aliphatic heterocycles. The topological polar surface area (TPSA) is 55.8 Å². The highest BCUT2D eigenvalue weighted by Crippen LogP contribution is 2.35. The highest BCUT2D eigenvalue weighted by Gasteiger charge is 2.14. The third-order valence-corrected chi connectivity index (χ3v) is 7.94. The number of benzene rings is 5. The number of rotatable bonds is 14. The first-order valence-corrected chi connectivity index (χ1v) is 16.3. The molecule has 0 aromatic heterocycles. The van der Waals surface area contributed by atoms with Crippen LogP contribution >= 0.6 is 0 Å². The van der Waals surface area contributed by atoms with Crippen LogP contribution in [0.2, 0.25) is 0 Å². The number of hydrogen-bond acceptors (Lipinski definition) is 5. The van der Waals surface area contributed by atoms with Crippen molar-refractivity contribution in [2.45, 2.75) is 33.1 Å². The minimum Gasteiger partial charge on any atom is -0.465 e. The Bertz CT molecular complexity index is 1780. The minimum atomic E-state index is -0.372. The molecule has 5 nitrogen and oxygen atoms in total. The average molecular weight is 636 g/mol. The van der Waals surface area contributed by atoms with Crippen LogP contribution in [-0.4, -0.2) is 25.2 Å². The first kappa shape index (κ1) is 33.7. The summed E-state index contributed by atoms with van der Waals surface area (Å²) in [6.45, 7) is 7.75. The lowest BCUT2D eigenvalue weighted by Gasteiger charge is -2.26. The van der Waals surface area contributed by atoms with Crippen LogP contribution in [-0.2, 0) is 31.9 Å². The van der Waals surface area contributed by atoms with Crippen LogP contribution in [0.25, 0.3) is 11.6 Å².